The van der Waals surface area contributed by atoms with Crippen molar-refractivity contribution in [3.05, 3.63) is 71.3 Å². The zero-order valence-electron chi connectivity index (χ0n) is 19.7. The topological polar surface area (TPSA) is 95.9 Å². The van der Waals surface area contributed by atoms with Crippen molar-refractivity contribution in [1.82, 2.24) is 10.2 Å². The average molecular weight is 463 g/mol. The lowest BCUT2D eigenvalue weighted by molar-refractivity contribution is -0.149. The fraction of sp³-hybridized carbons (Fsp3) is 0.370. The Morgan fingerprint density at radius 2 is 1.71 bits per heavy atom. The summed E-state index contributed by atoms with van der Waals surface area (Å²) < 4.78 is 5.51. The Morgan fingerprint density at radius 3 is 2.26 bits per heavy atom. The maximum atomic E-state index is 12.7. The number of carboxylic acid groups (broad SMARTS) is 1. The number of benzene rings is 2. The Hall–Kier alpha value is -3.61. The van der Waals surface area contributed by atoms with Gasteiger partial charge in [-0.15, -0.1) is 0 Å². The third kappa shape index (κ3) is 4.30. The van der Waals surface area contributed by atoms with Crippen LogP contribution in [-0.2, 0) is 14.3 Å². The summed E-state index contributed by atoms with van der Waals surface area (Å²) in [5.41, 5.74) is 4.13. The summed E-state index contributed by atoms with van der Waals surface area (Å²) in [5, 5.41) is 12.2. The lowest BCUT2D eigenvalue weighted by atomic mass is 9.81. The maximum Gasteiger partial charge on any atom is 0.407 e. The maximum absolute atomic E-state index is 12.7. The largest absolute Gasteiger partial charge is 0.481 e. The molecule has 2 N–H and O–H groups in total. The van der Waals surface area contributed by atoms with E-state index in [0.717, 1.165) is 11.1 Å². The van der Waals surface area contributed by atoms with Crippen LogP contribution in [0.1, 0.15) is 37.8 Å². The van der Waals surface area contributed by atoms with Crippen LogP contribution in [-0.4, -0.2) is 54.2 Å². The van der Waals surface area contributed by atoms with E-state index in [1.807, 2.05) is 31.2 Å². The quantitative estimate of drug-likeness (QED) is 0.632. The Kier molecular flexibility index (Phi) is 6.46. The van der Waals surface area contributed by atoms with E-state index in [4.69, 9.17) is 4.74 Å². The highest BCUT2D eigenvalue weighted by Crippen LogP contribution is 2.44. The number of rotatable bonds is 6. The molecule has 2 aromatic carbocycles. The van der Waals surface area contributed by atoms with Gasteiger partial charge in [-0.05, 0) is 42.0 Å². The number of amides is 2. The number of carboxylic acids is 1. The minimum absolute atomic E-state index is 0.0160. The van der Waals surface area contributed by atoms with Gasteiger partial charge in [-0.25, -0.2) is 4.79 Å². The van der Waals surface area contributed by atoms with Gasteiger partial charge in [0.25, 0.3) is 0 Å². The summed E-state index contributed by atoms with van der Waals surface area (Å²) in [6.07, 6.45) is 1.08. The molecule has 178 valence electrons. The van der Waals surface area contributed by atoms with Crippen molar-refractivity contribution in [1.29, 1.82) is 0 Å². The Morgan fingerprint density at radius 1 is 1.12 bits per heavy atom. The third-order valence-electron chi connectivity index (χ3n) is 7.21. The molecule has 2 amide bonds. The lowest BCUT2D eigenvalue weighted by Crippen LogP contribution is -2.36. The van der Waals surface area contributed by atoms with Gasteiger partial charge in [-0.2, -0.15) is 0 Å². The standard InChI is InChI=1S/C27H30N2O5/c1-17(24(30)29-14-18(2)27(3,16-29)25(31)32)12-13-28-26(33)34-15-23-21-10-6-4-8-19(21)20-9-5-7-11-22(20)23/h4-12,18,23H,13-16H2,1-3H3,(H,28,33)(H,31,32)/b17-12+/t18-,27-/m1/s1. The third-order valence-corrected chi connectivity index (χ3v) is 7.21. The second-order valence-corrected chi connectivity index (χ2v) is 9.40. The molecule has 0 radical (unpaired) electrons. The number of alkyl carbamates (subject to hydrolysis) is 1. The summed E-state index contributed by atoms with van der Waals surface area (Å²) in [6.45, 7) is 6.13. The molecular weight excluding hydrogens is 432 g/mol. The van der Waals surface area contributed by atoms with Crippen LogP contribution in [0, 0.1) is 11.3 Å². The van der Waals surface area contributed by atoms with E-state index < -0.39 is 17.5 Å². The number of likely N-dealkylation sites (tertiary alicyclic amines) is 1. The van der Waals surface area contributed by atoms with Gasteiger partial charge in [0.15, 0.2) is 0 Å². The van der Waals surface area contributed by atoms with E-state index in [1.165, 1.54) is 11.1 Å². The number of carbonyl (C=O) groups is 3. The monoisotopic (exact) mass is 462 g/mol. The second kappa shape index (κ2) is 9.33. The molecule has 1 fully saturated rings. The average Bonchev–Trinajstić information content (AvgIpc) is 3.32. The number of fused-ring (bicyclic) bond motifs is 3. The molecule has 0 saturated carbocycles. The van der Waals surface area contributed by atoms with Crippen LogP contribution in [0.2, 0.25) is 0 Å². The fourth-order valence-electron chi connectivity index (χ4n) is 4.86. The number of hydrogen-bond acceptors (Lipinski definition) is 4. The second-order valence-electron chi connectivity index (χ2n) is 9.40. The van der Waals surface area contributed by atoms with Crippen molar-refractivity contribution < 1.29 is 24.2 Å². The Balaban J connectivity index is 1.30. The van der Waals surface area contributed by atoms with E-state index in [2.05, 4.69) is 29.6 Å². The molecule has 4 rings (SSSR count). The molecule has 0 spiro atoms. The molecule has 34 heavy (non-hydrogen) atoms. The Labute approximate surface area is 199 Å². The van der Waals surface area contributed by atoms with Gasteiger partial charge in [0.2, 0.25) is 5.91 Å². The SMILES string of the molecule is C/C(=C\CNC(=O)OCC1c2ccccc2-c2ccccc21)C(=O)N1C[C@@H](C)[C@](C)(C(=O)O)C1. The summed E-state index contributed by atoms with van der Waals surface area (Å²) in [4.78, 5) is 38.2. The van der Waals surface area contributed by atoms with Crippen molar-refractivity contribution in [3.63, 3.8) is 0 Å². The molecule has 0 aromatic heterocycles. The van der Waals surface area contributed by atoms with Crippen molar-refractivity contribution >= 4 is 18.0 Å². The number of nitrogens with zero attached hydrogens (tertiary/aromatic N) is 1. The van der Waals surface area contributed by atoms with E-state index >= 15 is 0 Å². The fourth-order valence-corrected chi connectivity index (χ4v) is 4.86. The minimum Gasteiger partial charge on any atom is -0.481 e. The number of hydrogen-bond donors (Lipinski definition) is 2. The van der Waals surface area contributed by atoms with E-state index in [9.17, 15) is 19.5 Å². The molecule has 7 heteroatoms. The summed E-state index contributed by atoms with van der Waals surface area (Å²) in [6, 6.07) is 16.3. The predicted octanol–water partition coefficient (Wildman–Crippen LogP) is 4.04. The van der Waals surface area contributed by atoms with Crippen LogP contribution in [0.4, 0.5) is 4.79 Å². The zero-order valence-corrected chi connectivity index (χ0v) is 19.7. The summed E-state index contributed by atoms with van der Waals surface area (Å²) >= 11 is 0. The highest BCUT2D eigenvalue weighted by Gasteiger charge is 2.47. The van der Waals surface area contributed by atoms with Crippen LogP contribution in [0.15, 0.2) is 60.2 Å². The smallest absolute Gasteiger partial charge is 0.407 e. The van der Waals surface area contributed by atoms with Crippen LogP contribution in [0.3, 0.4) is 0 Å². The van der Waals surface area contributed by atoms with Crippen LogP contribution >= 0.6 is 0 Å². The first-order valence-electron chi connectivity index (χ1n) is 11.5. The van der Waals surface area contributed by atoms with Gasteiger partial charge in [0, 0.05) is 31.1 Å². The Bertz CT molecular complexity index is 1110. The van der Waals surface area contributed by atoms with Crippen molar-refractivity contribution in [2.75, 3.05) is 26.2 Å². The number of carbonyl (C=O) groups excluding carboxylic acids is 2. The molecular formula is C27H30N2O5. The molecule has 0 bridgehead atoms. The highest BCUT2D eigenvalue weighted by molar-refractivity contribution is 5.94. The van der Waals surface area contributed by atoms with Crippen molar-refractivity contribution in [2.45, 2.75) is 26.7 Å². The van der Waals surface area contributed by atoms with Crippen LogP contribution in [0.25, 0.3) is 11.1 Å². The number of nitrogens with one attached hydrogen (secondary N) is 1. The molecule has 1 heterocycles. The van der Waals surface area contributed by atoms with Gasteiger partial charge >= 0.3 is 12.1 Å². The molecule has 1 aliphatic carbocycles. The molecule has 1 saturated heterocycles. The first-order chi connectivity index (χ1) is 16.2. The van der Waals surface area contributed by atoms with Crippen molar-refractivity contribution in [3.8, 4) is 11.1 Å². The van der Waals surface area contributed by atoms with E-state index in [1.54, 1.807) is 24.8 Å². The zero-order chi connectivity index (χ0) is 24.5. The molecule has 2 atom stereocenters. The molecule has 0 unspecified atom stereocenters. The first kappa shape index (κ1) is 23.5. The predicted molar refractivity (Wildman–Crippen MR) is 128 cm³/mol. The van der Waals surface area contributed by atoms with Crippen LogP contribution in [0.5, 0.6) is 0 Å². The van der Waals surface area contributed by atoms with Gasteiger partial charge in [-0.3, -0.25) is 9.59 Å². The van der Waals surface area contributed by atoms with Crippen LogP contribution < -0.4 is 5.32 Å². The van der Waals surface area contributed by atoms with Gasteiger partial charge in [0.05, 0.1) is 5.41 Å². The molecule has 1 aliphatic heterocycles. The number of ether oxygens (including phenoxy) is 1. The molecule has 7 nitrogen and oxygen atoms in total. The van der Waals surface area contributed by atoms with Crippen molar-refractivity contribution in [2.24, 2.45) is 11.3 Å². The van der Waals surface area contributed by atoms with E-state index in [-0.39, 0.29) is 37.4 Å². The summed E-state index contributed by atoms with van der Waals surface area (Å²) in [5.74, 6) is -1.27. The van der Waals surface area contributed by atoms with Gasteiger partial charge in [-0.1, -0.05) is 61.5 Å². The summed E-state index contributed by atoms with van der Waals surface area (Å²) in [7, 11) is 0. The van der Waals surface area contributed by atoms with Gasteiger partial charge < -0.3 is 20.1 Å². The van der Waals surface area contributed by atoms with E-state index in [0.29, 0.717) is 12.1 Å². The van der Waals surface area contributed by atoms with Gasteiger partial charge in [0.1, 0.15) is 6.61 Å². The molecule has 2 aromatic rings. The molecule has 2 aliphatic rings. The lowest BCUT2D eigenvalue weighted by Gasteiger charge is -2.22. The normalized spacial score (nSPS) is 21.7. The number of aliphatic carboxylic acids is 1. The minimum atomic E-state index is -0.949. The highest BCUT2D eigenvalue weighted by atomic mass is 16.5. The first-order valence-corrected chi connectivity index (χ1v) is 11.5.